The Balaban J connectivity index is 1.53. The monoisotopic (exact) mass is 427 g/mol. The Kier molecular flexibility index (Phi) is 8.13. The van der Waals surface area contributed by atoms with Gasteiger partial charge in [0.1, 0.15) is 12.4 Å². The number of hydrogen-bond acceptors (Lipinski definition) is 3. The molecule has 0 N–H and O–H groups in total. The van der Waals surface area contributed by atoms with E-state index in [1.54, 1.807) is 0 Å². The maximum absolute atomic E-state index is 6.03. The first kappa shape index (κ1) is 22.3. The first-order valence-corrected chi connectivity index (χ1v) is 11.7. The summed E-state index contributed by atoms with van der Waals surface area (Å²) in [7, 11) is 0. The highest BCUT2D eigenvalue weighted by Crippen LogP contribution is 2.32. The second-order valence-corrected chi connectivity index (χ2v) is 8.17. The van der Waals surface area contributed by atoms with Crippen LogP contribution in [-0.2, 0) is 11.2 Å². The van der Waals surface area contributed by atoms with E-state index in [1.165, 1.54) is 27.8 Å². The van der Waals surface area contributed by atoms with Gasteiger partial charge in [0.2, 0.25) is 0 Å². The molecule has 1 saturated heterocycles. The summed E-state index contributed by atoms with van der Waals surface area (Å²) < 4.78 is 11.5. The average Bonchev–Trinajstić information content (AvgIpc) is 2.86. The summed E-state index contributed by atoms with van der Waals surface area (Å²) in [4.78, 5) is 2.39. The SMILES string of the molecule is CCC(=C(Cc1ccccc1)c1ccc(OCCN2CCOCC2)cc1)c1ccccc1. The van der Waals surface area contributed by atoms with Gasteiger partial charge >= 0.3 is 0 Å². The lowest BCUT2D eigenvalue weighted by atomic mass is 9.89. The Bertz CT molecular complexity index is 975. The van der Waals surface area contributed by atoms with Crippen molar-refractivity contribution in [3.05, 3.63) is 102 Å². The molecule has 0 saturated carbocycles. The summed E-state index contributed by atoms with van der Waals surface area (Å²) in [6.07, 6.45) is 1.90. The molecule has 3 heteroatoms. The molecule has 32 heavy (non-hydrogen) atoms. The summed E-state index contributed by atoms with van der Waals surface area (Å²) >= 11 is 0. The van der Waals surface area contributed by atoms with E-state index < -0.39 is 0 Å². The predicted molar refractivity (Wildman–Crippen MR) is 133 cm³/mol. The van der Waals surface area contributed by atoms with Crippen molar-refractivity contribution in [3.8, 4) is 5.75 Å². The lowest BCUT2D eigenvalue weighted by Crippen LogP contribution is -2.38. The highest BCUT2D eigenvalue weighted by Gasteiger charge is 2.13. The summed E-state index contributed by atoms with van der Waals surface area (Å²) in [5.74, 6) is 0.929. The van der Waals surface area contributed by atoms with Crippen LogP contribution in [0.5, 0.6) is 5.75 Å². The Morgan fingerprint density at radius 2 is 1.41 bits per heavy atom. The normalized spacial score (nSPS) is 15.3. The van der Waals surface area contributed by atoms with E-state index in [-0.39, 0.29) is 0 Å². The lowest BCUT2D eigenvalue weighted by molar-refractivity contribution is 0.0322. The van der Waals surface area contributed by atoms with E-state index in [2.05, 4.69) is 96.8 Å². The molecule has 0 unspecified atom stereocenters. The zero-order valence-corrected chi connectivity index (χ0v) is 19.0. The molecular weight excluding hydrogens is 394 g/mol. The highest BCUT2D eigenvalue weighted by molar-refractivity contribution is 5.91. The standard InChI is InChI=1S/C29H33NO2/c1-2-28(25-11-7-4-8-12-25)29(23-24-9-5-3-6-10-24)26-13-15-27(16-14-26)32-22-19-30-17-20-31-21-18-30/h3-16H,2,17-23H2,1H3. The van der Waals surface area contributed by atoms with E-state index in [9.17, 15) is 0 Å². The third-order valence-electron chi connectivity index (χ3n) is 6.05. The number of allylic oxidation sites excluding steroid dienone is 2. The van der Waals surface area contributed by atoms with Gasteiger partial charge in [0, 0.05) is 19.6 Å². The van der Waals surface area contributed by atoms with Crippen molar-refractivity contribution in [1.29, 1.82) is 0 Å². The smallest absolute Gasteiger partial charge is 0.119 e. The van der Waals surface area contributed by atoms with Gasteiger partial charge < -0.3 is 9.47 Å². The molecule has 0 radical (unpaired) electrons. The van der Waals surface area contributed by atoms with Crippen LogP contribution in [0, 0.1) is 0 Å². The van der Waals surface area contributed by atoms with Crippen LogP contribution in [0.1, 0.15) is 30.0 Å². The van der Waals surface area contributed by atoms with Crippen LogP contribution >= 0.6 is 0 Å². The van der Waals surface area contributed by atoms with Crippen molar-refractivity contribution in [3.63, 3.8) is 0 Å². The van der Waals surface area contributed by atoms with Crippen molar-refractivity contribution >= 4 is 11.1 Å². The van der Waals surface area contributed by atoms with Crippen LogP contribution < -0.4 is 4.74 Å². The lowest BCUT2D eigenvalue weighted by Gasteiger charge is -2.26. The second kappa shape index (κ2) is 11.7. The van der Waals surface area contributed by atoms with Crippen LogP contribution in [0.2, 0.25) is 0 Å². The third-order valence-corrected chi connectivity index (χ3v) is 6.05. The molecule has 1 aliphatic heterocycles. The summed E-state index contributed by atoms with van der Waals surface area (Å²) in [6, 6.07) is 30.1. The molecule has 3 aromatic rings. The molecular formula is C29H33NO2. The van der Waals surface area contributed by atoms with Crippen molar-refractivity contribution in [1.82, 2.24) is 4.90 Å². The number of benzene rings is 3. The van der Waals surface area contributed by atoms with Gasteiger partial charge in [-0.2, -0.15) is 0 Å². The molecule has 4 rings (SSSR count). The predicted octanol–water partition coefficient (Wildman–Crippen LogP) is 5.96. The summed E-state index contributed by atoms with van der Waals surface area (Å²) in [5, 5.41) is 0. The first-order valence-electron chi connectivity index (χ1n) is 11.7. The molecule has 0 atom stereocenters. The van der Waals surface area contributed by atoms with Crippen molar-refractivity contribution in [2.75, 3.05) is 39.5 Å². The van der Waals surface area contributed by atoms with Gasteiger partial charge in [-0.05, 0) is 52.8 Å². The molecule has 1 heterocycles. The average molecular weight is 428 g/mol. The molecule has 0 aliphatic carbocycles. The molecule has 0 bridgehead atoms. The van der Waals surface area contributed by atoms with Crippen molar-refractivity contribution in [2.45, 2.75) is 19.8 Å². The molecule has 3 aromatic carbocycles. The maximum Gasteiger partial charge on any atom is 0.119 e. The summed E-state index contributed by atoms with van der Waals surface area (Å²) in [6.45, 7) is 7.54. The summed E-state index contributed by atoms with van der Waals surface area (Å²) in [5.41, 5.74) is 6.66. The molecule has 3 nitrogen and oxygen atoms in total. The molecule has 0 spiro atoms. The Labute approximate surface area is 192 Å². The zero-order chi connectivity index (χ0) is 22.0. The number of hydrogen-bond donors (Lipinski definition) is 0. The van der Waals surface area contributed by atoms with E-state index >= 15 is 0 Å². The first-order chi connectivity index (χ1) is 15.8. The number of morpholine rings is 1. The Morgan fingerprint density at radius 3 is 2.06 bits per heavy atom. The molecule has 166 valence electrons. The fourth-order valence-electron chi connectivity index (χ4n) is 4.28. The van der Waals surface area contributed by atoms with E-state index in [1.807, 2.05) is 0 Å². The van der Waals surface area contributed by atoms with Gasteiger partial charge in [-0.25, -0.2) is 0 Å². The van der Waals surface area contributed by atoms with Crippen LogP contribution in [0.15, 0.2) is 84.9 Å². The van der Waals surface area contributed by atoms with Gasteiger partial charge in [-0.3, -0.25) is 4.90 Å². The zero-order valence-electron chi connectivity index (χ0n) is 19.0. The molecule has 0 aromatic heterocycles. The van der Waals surface area contributed by atoms with E-state index in [0.29, 0.717) is 6.61 Å². The fourth-order valence-corrected chi connectivity index (χ4v) is 4.28. The van der Waals surface area contributed by atoms with Crippen molar-refractivity contribution in [2.24, 2.45) is 0 Å². The number of ether oxygens (including phenoxy) is 2. The van der Waals surface area contributed by atoms with Crippen LogP contribution in [0.25, 0.3) is 11.1 Å². The van der Waals surface area contributed by atoms with Crippen LogP contribution in [-0.4, -0.2) is 44.4 Å². The Hall–Kier alpha value is -2.88. The van der Waals surface area contributed by atoms with Gasteiger partial charge in [0.05, 0.1) is 13.2 Å². The van der Waals surface area contributed by atoms with Crippen molar-refractivity contribution < 1.29 is 9.47 Å². The van der Waals surface area contributed by atoms with Gasteiger partial charge in [-0.1, -0.05) is 79.7 Å². The quantitative estimate of drug-likeness (QED) is 0.393. The van der Waals surface area contributed by atoms with Crippen LogP contribution in [0.4, 0.5) is 0 Å². The topological polar surface area (TPSA) is 21.7 Å². The molecule has 0 amide bonds. The second-order valence-electron chi connectivity index (χ2n) is 8.17. The third kappa shape index (κ3) is 6.09. The van der Waals surface area contributed by atoms with Gasteiger partial charge in [0.15, 0.2) is 0 Å². The number of nitrogens with zero attached hydrogens (tertiary/aromatic N) is 1. The largest absolute Gasteiger partial charge is 0.492 e. The van der Waals surface area contributed by atoms with Gasteiger partial charge in [-0.15, -0.1) is 0 Å². The van der Waals surface area contributed by atoms with Crippen LogP contribution in [0.3, 0.4) is 0 Å². The minimum Gasteiger partial charge on any atom is -0.492 e. The van der Waals surface area contributed by atoms with E-state index in [0.717, 1.165) is 51.4 Å². The van der Waals surface area contributed by atoms with Gasteiger partial charge in [0.25, 0.3) is 0 Å². The molecule has 1 fully saturated rings. The number of rotatable bonds is 9. The maximum atomic E-state index is 6.03. The van der Waals surface area contributed by atoms with E-state index in [4.69, 9.17) is 9.47 Å². The molecule has 1 aliphatic rings. The highest BCUT2D eigenvalue weighted by atomic mass is 16.5. The minimum absolute atomic E-state index is 0.705. The minimum atomic E-state index is 0.705. The fraction of sp³-hybridized carbons (Fsp3) is 0.310. The Morgan fingerprint density at radius 1 is 0.781 bits per heavy atom.